The maximum atomic E-state index is 12.5. The number of carbonyl (C=O) groups excluding carboxylic acids is 1. The first-order valence-electron chi connectivity index (χ1n) is 7.65. The molecule has 0 radical (unpaired) electrons. The fourth-order valence-electron chi connectivity index (χ4n) is 3.33. The highest BCUT2D eigenvalue weighted by Crippen LogP contribution is 2.27. The van der Waals surface area contributed by atoms with Gasteiger partial charge in [0, 0.05) is 17.6 Å². The lowest BCUT2D eigenvalue weighted by atomic mass is 9.84. The zero-order valence-electron chi connectivity index (χ0n) is 12.0. The standard InChI is InChI=1S/C17H22N2O/c1-2-12-5-3-7-14(11-12)19-17(20)15-8-4-6-13-9-10-18-16(13)15/h4,6,8-10,12,14,18H,2-3,5,7,11H2,1H3,(H,19,20). The topological polar surface area (TPSA) is 44.9 Å². The van der Waals surface area contributed by atoms with Crippen molar-refractivity contribution in [3.63, 3.8) is 0 Å². The van der Waals surface area contributed by atoms with Crippen molar-refractivity contribution < 1.29 is 4.79 Å². The third-order valence-electron chi connectivity index (χ3n) is 4.53. The van der Waals surface area contributed by atoms with E-state index in [4.69, 9.17) is 0 Å². The van der Waals surface area contributed by atoms with Crippen molar-refractivity contribution in [3.05, 3.63) is 36.0 Å². The van der Waals surface area contributed by atoms with Crippen LogP contribution in [0.2, 0.25) is 0 Å². The van der Waals surface area contributed by atoms with Crippen molar-refractivity contribution in [2.75, 3.05) is 0 Å². The third-order valence-corrected chi connectivity index (χ3v) is 4.53. The number of amides is 1. The van der Waals surface area contributed by atoms with Gasteiger partial charge in [0.25, 0.3) is 5.91 Å². The SMILES string of the molecule is CCC1CCCC(NC(=O)c2cccc3cc[nH]c23)C1. The fraction of sp³-hybridized carbons (Fsp3) is 0.471. The van der Waals surface area contributed by atoms with Crippen LogP contribution in [0.1, 0.15) is 49.4 Å². The summed E-state index contributed by atoms with van der Waals surface area (Å²) in [5.74, 6) is 0.829. The molecule has 20 heavy (non-hydrogen) atoms. The van der Waals surface area contributed by atoms with Crippen LogP contribution < -0.4 is 5.32 Å². The molecule has 1 aliphatic carbocycles. The molecule has 0 spiro atoms. The van der Waals surface area contributed by atoms with Gasteiger partial charge in [0.1, 0.15) is 0 Å². The Kier molecular flexibility index (Phi) is 3.77. The van der Waals surface area contributed by atoms with Gasteiger partial charge in [-0.1, -0.05) is 38.3 Å². The molecule has 1 saturated carbocycles. The third kappa shape index (κ3) is 2.58. The number of rotatable bonds is 3. The van der Waals surface area contributed by atoms with Crippen LogP contribution >= 0.6 is 0 Å². The summed E-state index contributed by atoms with van der Waals surface area (Å²) >= 11 is 0. The minimum Gasteiger partial charge on any atom is -0.361 e. The van der Waals surface area contributed by atoms with Crippen LogP contribution in [0, 0.1) is 5.92 Å². The number of para-hydroxylation sites is 1. The van der Waals surface area contributed by atoms with Crippen LogP contribution in [0.3, 0.4) is 0 Å². The Morgan fingerprint density at radius 1 is 1.35 bits per heavy atom. The van der Waals surface area contributed by atoms with Gasteiger partial charge in [0.05, 0.1) is 11.1 Å². The van der Waals surface area contributed by atoms with Crippen LogP contribution in [-0.4, -0.2) is 16.9 Å². The fourth-order valence-corrected chi connectivity index (χ4v) is 3.33. The molecule has 3 nitrogen and oxygen atoms in total. The molecule has 1 amide bonds. The summed E-state index contributed by atoms with van der Waals surface area (Å²) < 4.78 is 0. The van der Waals surface area contributed by atoms with E-state index in [9.17, 15) is 4.79 Å². The van der Waals surface area contributed by atoms with Gasteiger partial charge in [-0.25, -0.2) is 0 Å². The zero-order chi connectivity index (χ0) is 13.9. The van der Waals surface area contributed by atoms with E-state index in [0.717, 1.165) is 35.2 Å². The van der Waals surface area contributed by atoms with E-state index in [1.165, 1.54) is 19.3 Å². The Hall–Kier alpha value is -1.77. The normalized spacial score (nSPS) is 22.9. The first kappa shape index (κ1) is 13.2. The summed E-state index contributed by atoms with van der Waals surface area (Å²) in [5, 5.41) is 4.31. The van der Waals surface area contributed by atoms with Crippen LogP contribution in [0.5, 0.6) is 0 Å². The van der Waals surface area contributed by atoms with E-state index < -0.39 is 0 Å². The zero-order valence-corrected chi connectivity index (χ0v) is 12.0. The van der Waals surface area contributed by atoms with Crippen LogP contribution in [-0.2, 0) is 0 Å². The Morgan fingerprint density at radius 3 is 3.10 bits per heavy atom. The molecule has 1 fully saturated rings. The molecule has 2 N–H and O–H groups in total. The van der Waals surface area contributed by atoms with Crippen LogP contribution in [0.4, 0.5) is 0 Å². The van der Waals surface area contributed by atoms with E-state index in [0.29, 0.717) is 6.04 Å². The van der Waals surface area contributed by atoms with E-state index in [2.05, 4.69) is 17.2 Å². The minimum atomic E-state index is 0.0554. The van der Waals surface area contributed by atoms with Gasteiger partial charge in [-0.15, -0.1) is 0 Å². The van der Waals surface area contributed by atoms with Gasteiger partial charge in [-0.05, 0) is 30.9 Å². The molecule has 0 bridgehead atoms. The maximum absolute atomic E-state index is 12.5. The van der Waals surface area contributed by atoms with Gasteiger partial charge in [0.15, 0.2) is 0 Å². The average Bonchev–Trinajstić information content (AvgIpc) is 2.95. The second-order valence-corrected chi connectivity index (χ2v) is 5.86. The molecule has 106 valence electrons. The predicted molar refractivity (Wildman–Crippen MR) is 81.8 cm³/mol. The molecule has 1 aliphatic rings. The van der Waals surface area contributed by atoms with E-state index in [1.807, 2.05) is 30.5 Å². The number of nitrogens with one attached hydrogen (secondary N) is 2. The minimum absolute atomic E-state index is 0.0554. The molecule has 2 unspecified atom stereocenters. The maximum Gasteiger partial charge on any atom is 0.253 e. The lowest BCUT2D eigenvalue weighted by Crippen LogP contribution is -2.38. The second kappa shape index (κ2) is 5.70. The van der Waals surface area contributed by atoms with Gasteiger partial charge in [-0.3, -0.25) is 4.79 Å². The number of benzene rings is 1. The largest absolute Gasteiger partial charge is 0.361 e. The first-order valence-corrected chi connectivity index (χ1v) is 7.65. The number of hydrogen-bond acceptors (Lipinski definition) is 1. The lowest BCUT2D eigenvalue weighted by Gasteiger charge is -2.29. The Labute approximate surface area is 119 Å². The van der Waals surface area contributed by atoms with E-state index in [1.54, 1.807) is 0 Å². The lowest BCUT2D eigenvalue weighted by molar-refractivity contribution is 0.0920. The van der Waals surface area contributed by atoms with Crippen molar-refractivity contribution >= 4 is 16.8 Å². The molecule has 3 rings (SSSR count). The summed E-state index contributed by atoms with van der Waals surface area (Å²) in [6.45, 7) is 2.24. The molecule has 1 heterocycles. The number of aromatic nitrogens is 1. The van der Waals surface area contributed by atoms with Gasteiger partial charge >= 0.3 is 0 Å². The van der Waals surface area contributed by atoms with E-state index in [-0.39, 0.29) is 5.91 Å². The molecule has 0 saturated heterocycles. The van der Waals surface area contributed by atoms with Crippen LogP contribution in [0.15, 0.2) is 30.5 Å². The second-order valence-electron chi connectivity index (χ2n) is 5.86. The smallest absolute Gasteiger partial charge is 0.253 e. The van der Waals surface area contributed by atoms with Crippen molar-refractivity contribution in [3.8, 4) is 0 Å². The van der Waals surface area contributed by atoms with Gasteiger partial charge in [-0.2, -0.15) is 0 Å². The molecule has 3 heteroatoms. The summed E-state index contributed by atoms with van der Waals surface area (Å²) in [4.78, 5) is 15.7. The molecule has 0 aliphatic heterocycles. The quantitative estimate of drug-likeness (QED) is 0.873. The Balaban J connectivity index is 1.74. The van der Waals surface area contributed by atoms with Crippen molar-refractivity contribution in [2.45, 2.75) is 45.1 Å². The summed E-state index contributed by atoms with van der Waals surface area (Å²) in [6, 6.07) is 8.21. The number of aromatic amines is 1. The van der Waals surface area contributed by atoms with Crippen molar-refractivity contribution in [1.29, 1.82) is 0 Å². The highest BCUT2D eigenvalue weighted by atomic mass is 16.1. The van der Waals surface area contributed by atoms with Crippen LogP contribution in [0.25, 0.3) is 10.9 Å². The molecular weight excluding hydrogens is 248 g/mol. The highest BCUT2D eigenvalue weighted by molar-refractivity contribution is 6.05. The van der Waals surface area contributed by atoms with E-state index >= 15 is 0 Å². The molecule has 1 aromatic carbocycles. The molecule has 2 atom stereocenters. The Morgan fingerprint density at radius 2 is 2.25 bits per heavy atom. The average molecular weight is 270 g/mol. The number of H-pyrrole nitrogens is 1. The van der Waals surface area contributed by atoms with Crippen molar-refractivity contribution in [1.82, 2.24) is 10.3 Å². The summed E-state index contributed by atoms with van der Waals surface area (Å²) in [6.07, 6.45) is 7.89. The first-order chi connectivity index (χ1) is 9.78. The van der Waals surface area contributed by atoms with Gasteiger partial charge in [0.2, 0.25) is 0 Å². The molecule has 1 aromatic heterocycles. The predicted octanol–water partition coefficient (Wildman–Crippen LogP) is 3.87. The number of hydrogen-bond donors (Lipinski definition) is 2. The molecular formula is C17H22N2O. The summed E-state index contributed by atoms with van der Waals surface area (Å²) in [5.41, 5.74) is 1.69. The van der Waals surface area contributed by atoms with Crippen molar-refractivity contribution in [2.24, 2.45) is 5.92 Å². The Bertz CT molecular complexity index is 602. The number of fused-ring (bicyclic) bond motifs is 1. The number of carbonyl (C=O) groups is 1. The highest BCUT2D eigenvalue weighted by Gasteiger charge is 2.23. The monoisotopic (exact) mass is 270 g/mol. The van der Waals surface area contributed by atoms with Gasteiger partial charge < -0.3 is 10.3 Å². The summed E-state index contributed by atoms with van der Waals surface area (Å²) in [7, 11) is 0. The molecule has 2 aromatic rings.